The van der Waals surface area contributed by atoms with Crippen molar-refractivity contribution in [2.45, 2.75) is 39.7 Å². The average molecular weight is 345 g/mol. The molecule has 0 bridgehead atoms. The number of carbonyl (C=O) groups is 2. The van der Waals surface area contributed by atoms with Crippen LogP contribution in [0.25, 0.3) is 0 Å². The smallest absolute Gasteiger partial charge is 0.220 e. The molecule has 0 spiro atoms. The van der Waals surface area contributed by atoms with Gasteiger partial charge in [0.1, 0.15) is 0 Å². The third-order valence-electron chi connectivity index (χ3n) is 4.09. The summed E-state index contributed by atoms with van der Waals surface area (Å²) in [5, 5.41) is 2.70. The highest BCUT2D eigenvalue weighted by molar-refractivity contribution is 5.99. The quantitative estimate of drug-likeness (QED) is 0.788. The Morgan fingerprint density at radius 1 is 1.00 bits per heavy atom. The Morgan fingerprint density at radius 3 is 2.40 bits per heavy atom. The van der Waals surface area contributed by atoms with Gasteiger partial charge in [-0.3, -0.25) is 9.59 Å². The fourth-order valence-electron chi connectivity index (χ4n) is 2.58. The first-order valence-electron chi connectivity index (χ1n) is 8.12. The second-order valence-electron chi connectivity index (χ2n) is 6.20. The Labute approximate surface area is 146 Å². The average Bonchev–Trinajstić information content (AvgIpc) is 2.57. The van der Waals surface area contributed by atoms with Crippen LogP contribution >= 0.6 is 0 Å². The number of nitrogens with one attached hydrogen (secondary N) is 1. The van der Waals surface area contributed by atoms with Crippen LogP contribution < -0.4 is 5.32 Å². The van der Waals surface area contributed by atoms with Crippen LogP contribution in [0.3, 0.4) is 0 Å². The van der Waals surface area contributed by atoms with Gasteiger partial charge in [-0.15, -0.1) is 0 Å². The fraction of sp³-hybridized carbons (Fsp3) is 0.300. The van der Waals surface area contributed by atoms with Crippen molar-refractivity contribution in [1.82, 2.24) is 5.32 Å². The lowest BCUT2D eigenvalue weighted by atomic mass is 9.99. The van der Waals surface area contributed by atoms with Crippen molar-refractivity contribution in [2.24, 2.45) is 0 Å². The molecule has 0 radical (unpaired) electrons. The molecular weight excluding hydrogens is 324 g/mol. The van der Waals surface area contributed by atoms with Crippen LogP contribution in [0, 0.1) is 25.5 Å². The molecule has 2 aromatic rings. The van der Waals surface area contributed by atoms with Gasteiger partial charge in [0.25, 0.3) is 0 Å². The summed E-state index contributed by atoms with van der Waals surface area (Å²) in [7, 11) is 0. The summed E-state index contributed by atoms with van der Waals surface area (Å²) in [6.07, 6.45) is 0.140. The molecule has 0 saturated heterocycles. The molecule has 2 aromatic carbocycles. The molecule has 0 aliphatic heterocycles. The number of aryl methyl sites for hydroxylation is 2. The highest BCUT2D eigenvalue weighted by Gasteiger charge is 2.15. The molecule has 2 rings (SSSR count). The summed E-state index contributed by atoms with van der Waals surface area (Å²) in [5.74, 6) is -2.28. The van der Waals surface area contributed by atoms with Crippen molar-refractivity contribution in [3.05, 3.63) is 70.3 Å². The van der Waals surface area contributed by atoms with E-state index in [1.54, 1.807) is 6.92 Å². The summed E-state index contributed by atoms with van der Waals surface area (Å²) in [6, 6.07) is 8.66. The van der Waals surface area contributed by atoms with Gasteiger partial charge >= 0.3 is 0 Å². The minimum Gasteiger partial charge on any atom is -0.350 e. The maximum Gasteiger partial charge on any atom is 0.220 e. The van der Waals surface area contributed by atoms with Crippen LogP contribution in [0.1, 0.15) is 52.9 Å². The summed E-state index contributed by atoms with van der Waals surface area (Å²) in [6.45, 7) is 5.45. The van der Waals surface area contributed by atoms with E-state index in [9.17, 15) is 18.4 Å². The second kappa shape index (κ2) is 8.01. The number of ketones is 1. The number of benzene rings is 2. The van der Waals surface area contributed by atoms with E-state index in [2.05, 4.69) is 5.32 Å². The zero-order chi connectivity index (χ0) is 18.6. The largest absolute Gasteiger partial charge is 0.350 e. The first kappa shape index (κ1) is 18.8. The molecule has 3 nitrogen and oxygen atoms in total. The molecule has 0 aromatic heterocycles. The number of carbonyl (C=O) groups excluding carboxylic acids is 2. The Kier molecular flexibility index (Phi) is 6.02. The molecule has 1 atom stereocenters. The summed E-state index contributed by atoms with van der Waals surface area (Å²) >= 11 is 0. The van der Waals surface area contributed by atoms with E-state index in [0.717, 1.165) is 23.3 Å². The van der Waals surface area contributed by atoms with Gasteiger partial charge in [-0.2, -0.15) is 0 Å². The minimum absolute atomic E-state index is 0.0419. The van der Waals surface area contributed by atoms with Crippen LogP contribution in [0.5, 0.6) is 0 Å². The Balaban J connectivity index is 1.92. The second-order valence-corrected chi connectivity index (χ2v) is 6.20. The van der Waals surface area contributed by atoms with Crippen LogP contribution in [0.4, 0.5) is 8.78 Å². The van der Waals surface area contributed by atoms with Gasteiger partial charge in [0.2, 0.25) is 5.91 Å². The lowest BCUT2D eigenvalue weighted by Crippen LogP contribution is -2.27. The topological polar surface area (TPSA) is 46.2 Å². The Morgan fingerprint density at radius 2 is 1.72 bits per heavy atom. The van der Waals surface area contributed by atoms with Crippen molar-refractivity contribution < 1.29 is 18.4 Å². The van der Waals surface area contributed by atoms with Crippen molar-refractivity contribution in [2.75, 3.05) is 0 Å². The maximum atomic E-state index is 13.3. The SMILES string of the molecule is Cc1ccc(C)c(C(=O)CCC(=O)NC(C)c2ccc(F)c(F)c2)c1. The van der Waals surface area contributed by atoms with Gasteiger partial charge in [0.05, 0.1) is 6.04 Å². The molecular formula is C20H21F2NO2. The van der Waals surface area contributed by atoms with Crippen molar-refractivity contribution in [1.29, 1.82) is 0 Å². The lowest BCUT2D eigenvalue weighted by Gasteiger charge is -2.14. The highest BCUT2D eigenvalue weighted by Crippen LogP contribution is 2.17. The van der Waals surface area contributed by atoms with Gasteiger partial charge in [-0.05, 0) is 50.1 Å². The normalized spacial score (nSPS) is 11.9. The number of halogens is 2. The molecule has 0 aliphatic carbocycles. The van der Waals surface area contributed by atoms with Crippen molar-refractivity contribution >= 4 is 11.7 Å². The molecule has 0 heterocycles. The third kappa shape index (κ3) is 4.95. The van der Waals surface area contributed by atoms with E-state index < -0.39 is 17.7 Å². The van der Waals surface area contributed by atoms with Gasteiger partial charge in [-0.25, -0.2) is 8.78 Å². The zero-order valence-electron chi connectivity index (χ0n) is 14.5. The van der Waals surface area contributed by atoms with E-state index in [0.29, 0.717) is 11.1 Å². The minimum atomic E-state index is -0.955. The number of hydrogen-bond acceptors (Lipinski definition) is 2. The summed E-state index contributed by atoms with van der Waals surface area (Å²) in [5.41, 5.74) is 2.96. The van der Waals surface area contributed by atoms with Crippen LogP contribution in [-0.4, -0.2) is 11.7 Å². The molecule has 5 heteroatoms. The van der Waals surface area contributed by atoms with E-state index >= 15 is 0 Å². The molecule has 25 heavy (non-hydrogen) atoms. The first-order chi connectivity index (χ1) is 11.8. The van der Waals surface area contributed by atoms with Crippen molar-refractivity contribution in [3.63, 3.8) is 0 Å². The molecule has 1 unspecified atom stereocenters. The van der Waals surface area contributed by atoms with Gasteiger partial charge in [-0.1, -0.05) is 23.8 Å². The lowest BCUT2D eigenvalue weighted by molar-refractivity contribution is -0.121. The van der Waals surface area contributed by atoms with Crippen molar-refractivity contribution in [3.8, 4) is 0 Å². The van der Waals surface area contributed by atoms with E-state index in [-0.39, 0.29) is 24.5 Å². The van der Waals surface area contributed by atoms with E-state index in [1.807, 2.05) is 32.0 Å². The van der Waals surface area contributed by atoms with Gasteiger partial charge < -0.3 is 5.32 Å². The first-order valence-corrected chi connectivity index (χ1v) is 8.12. The highest BCUT2D eigenvalue weighted by atomic mass is 19.2. The molecule has 0 fully saturated rings. The third-order valence-corrected chi connectivity index (χ3v) is 4.09. The summed E-state index contributed by atoms with van der Waals surface area (Å²) < 4.78 is 26.2. The molecule has 1 N–H and O–H groups in total. The fourth-order valence-corrected chi connectivity index (χ4v) is 2.58. The molecule has 132 valence electrons. The molecule has 1 amide bonds. The predicted octanol–water partition coefficient (Wildman–Crippen LogP) is 4.42. The monoisotopic (exact) mass is 345 g/mol. The van der Waals surface area contributed by atoms with Gasteiger partial charge in [0, 0.05) is 18.4 Å². The number of rotatable bonds is 6. The standard InChI is InChI=1S/C20H21F2NO2/c1-12-4-5-13(2)16(10-12)19(24)8-9-20(25)23-14(3)15-6-7-17(21)18(22)11-15/h4-7,10-11,14H,8-9H2,1-3H3,(H,23,25). The van der Waals surface area contributed by atoms with Crippen LogP contribution in [0.2, 0.25) is 0 Å². The number of hydrogen-bond donors (Lipinski definition) is 1. The number of amides is 1. The summed E-state index contributed by atoms with van der Waals surface area (Å²) in [4.78, 5) is 24.3. The predicted molar refractivity (Wildman–Crippen MR) is 92.4 cm³/mol. The maximum absolute atomic E-state index is 13.3. The van der Waals surface area contributed by atoms with E-state index in [4.69, 9.17) is 0 Å². The van der Waals surface area contributed by atoms with Gasteiger partial charge in [0.15, 0.2) is 17.4 Å². The van der Waals surface area contributed by atoms with Crippen LogP contribution in [-0.2, 0) is 4.79 Å². The molecule has 0 aliphatic rings. The van der Waals surface area contributed by atoms with E-state index in [1.165, 1.54) is 6.07 Å². The Hall–Kier alpha value is -2.56. The molecule has 0 saturated carbocycles. The van der Waals surface area contributed by atoms with Crippen LogP contribution in [0.15, 0.2) is 36.4 Å². The number of Topliss-reactive ketones (excluding diaryl/α,β-unsaturated/α-hetero) is 1. The zero-order valence-corrected chi connectivity index (χ0v) is 14.5. The Bertz CT molecular complexity index is 802.